The number of hydrogen-bond donors (Lipinski definition) is 1. The largest absolute Gasteiger partial charge is 0.311 e. The number of nitrogens with one attached hydrogen (secondary N) is 1. The highest BCUT2D eigenvalue weighted by Gasteiger charge is 2.34. The van der Waals surface area contributed by atoms with Crippen LogP contribution in [0, 0.1) is 5.41 Å². The number of nitrogens with zero attached hydrogens (tertiary/aromatic N) is 3. The maximum absolute atomic E-state index is 4.22. The molecule has 0 saturated heterocycles. The van der Waals surface area contributed by atoms with Crippen molar-refractivity contribution in [3.63, 3.8) is 0 Å². The van der Waals surface area contributed by atoms with E-state index in [4.69, 9.17) is 0 Å². The lowest BCUT2D eigenvalue weighted by atomic mass is 9.67. The normalized spacial score (nSPS) is 18.7. The van der Waals surface area contributed by atoms with E-state index in [0.717, 1.165) is 18.8 Å². The molecule has 1 aliphatic carbocycles. The van der Waals surface area contributed by atoms with Crippen LogP contribution in [0.25, 0.3) is 0 Å². The van der Waals surface area contributed by atoms with E-state index in [1.807, 2.05) is 10.9 Å². The highest BCUT2D eigenvalue weighted by Crippen LogP contribution is 2.43. The van der Waals surface area contributed by atoms with Crippen molar-refractivity contribution in [1.82, 2.24) is 20.3 Å². The van der Waals surface area contributed by atoms with E-state index in [0.29, 0.717) is 5.41 Å². The van der Waals surface area contributed by atoms with Crippen molar-refractivity contribution in [2.45, 2.75) is 65.5 Å². The molecular formula is C14H26N4. The van der Waals surface area contributed by atoms with Crippen LogP contribution >= 0.6 is 0 Å². The summed E-state index contributed by atoms with van der Waals surface area (Å²) in [6.07, 6.45) is 7.49. The molecular weight excluding hydrogens is 224 g/mol. The maximum atomic E-state index is 4.22. The van der Waals surface area contributed by atoms with E-state index >= 15 is 0 Å². The van der Waals surface area contributed by atoms with Gasteiger partial charge in [-0.15, -0.1) is 5.10 Å². The Morgan fingerprint density at radius 1 is 1.39 bits per heavy atom. The summed E-state index contributed by atoms with van der Waals surface area (Å²) in [6, 6.07) is 0. The van der Waals surface area contributed by atoms with Crippen molar-refractivity contribution < 1.29 is 0 Å². The summed E-state index contributed by atoms with van der Waals surface area (Å²) in [4.78, 5) is 0. The molecule has 2 rings (SSSR count). The van der Waals surface area contributed by atoms with Gasteiger partial charge in [0.05, 0.1) is 17.4 Å². The van der Waals surface area contributed by atoms with E-state index < -0.39 is 0 Å². The number of aromatic nitrogens is 3. The van der Waals surface area contributed by atoms with Crippen LogP contribution in [0.2, 0.25) is 0 Å². The molecule has 1 N–H and O–H groups in total. The van der Waals surface area contributed by atoms with Gasteiger partial charge in [-0.3, -0.25) is 0 Å². The molecule has 1 aliphatic rings. The van der Waals surface area contributed by atoms with E-state index in [9.17, 15) is 0 Å². The van der Waals surface area contributed by atoms with Crippen molar-refractivity contribution in [3.05, 3.63) is 11.9 Å². The zero-order valence-corrected chi connectivity index (χ0v) is 12.2. The van der Waals surface area contributed by atoms with Crippen LogP contribution in [0.1, 0.15) is 59.1 Å². The molecule has 4 nitrogen and oxygen atoms in total. The number of rotatable bonds is 5. The summed E-state index contributed by atoms with van der Waals surface area (Å²) >= 11 is 0. The fraction of sp³-hybridized carbons (Fsp3) is 0.857. The average molecular weight is 250 g/mol. The Morgan fingerprint density at radius 3 is 2.56 bits per heavy atom. The van der Waals surface area contributed by atoms with Crippen molar-refractivity contribution in [3.8, 4) is 0 Å². The van der Waals surface area contributed by atoms with Gasteiger partial charge in [-0.05, 0) is 45.4 Å². The van der Waals surface area contributed by atoms with Crippen LogP contribution in [-0.2, 0) is 12.1 Å². The minimum atomic E-state index is 0.0177. The van der Waals surface area contributed by atoms with Crippen molar-refractivity contribution in [2.24, 2.45) is 5.41 Å². The smallest absolute Gasteiger partial charge is 0.0965 e. The van der Waals surface area contributed by atoms with Gasteiger partial charge in [0.2, 0.25) is 0 Å². The van der Waals surface area contributed by atoms with Crippen LogP contribution in [0.4, 0.5) is 0 Å². The molecule has 1 fully saturated rings. The molecule has 0 atom stereocenters. The third-order valence-corrected chi connectivity index (χ3v) is 4.20. The Morgan fingerprint density at radius 2 is 2.11 bits per heavy atom. The van der Waals surface area contributed by atoms with Crippen LogP contribution in [-0.4, -0.2) is 21.5 Å². The van der Waals surface area contributed by atoms with E-state index in [2.05, 4.69) is 43.3 Å². The summed E-state index contributed by atoms with van der Waals surface area (Å²) in [6.45, 7) is 10.7. The van der Waals surface area contributed by atoms with Crippen molar-refractivity contribution in [1.29, 1.82) is 0 Å². The monoisotopic (exact) mass is 250 g/mol. The predicted octanol–water partition coefficient (Wildman–Crippen LogP) is 2.70. The summed E-state index contributed by atoms with van der Waals surface area (Å²) in [5, 5.41) is 12.0. The van der Waals surface area contributed by atoms with E-state index in [1.54, 1.807) is 0 Å². The van der Waals surface area contributed by atoms with Gasteiger partial charge in [-0.2, -0.15) is 0 Å². The fourth-order valence-corrected chi connectivity index (χ4v) is 2.50. The maximum Gasteiger partial charge on any atom is 0.0965 e. The van der Waals surface area contributed by atoms with Gasteiger partial charge in [0, 0.05) is 13.1 Å². The van der Waals surface area contributed by atoms with Gasteiger partial charge in [0.25, 0.3) is 0 Å². The van der Waals surface area contributed by atoms with E-state index in [1.165, 1.54) is 25.7 Å². The van der Waals surface area contributed by atoms with Crippen LogP contribution in [0.15, 0.2) is 6.20 Å². The van der Waals surface area contributed by atoms with Crippen LogP contribution in [0.3, 0.4) is 0 Å². The molecule has 18 heavy (non-hydrogen) atoms. The molecule has 0 unspecified atom stereocenters. The second-order valence-corrected chi connectivity index (χ2v) is 6.64. The molecule has 1 saturated carbocycles. The fourth-order valence-electron chi connectivity index (χ4n) is 2.50. The molecule has 1 aromatic heterocycles. The molecule has 1 aromatic rings. The van der Waals surface area contributed by atoms with Crippen molar-refractivity contribution >= 4 is 0 Å². The molecule has 0 aromatic carbocycles. The quantitative estimate of drug-likeness (QED) is 0.873. The first kappa shape index (κ1) is 13.5. The SMILES string of the molecule is CCC1(CNCc2cn(C(C)(C)C)nn2)CCC1. The predicted molar refractivity (Wildman–Crippen MR) is 73.3 cm³/mol. The Labute approximate surface area is 110 Å². The minimum absolute atomic E-state index is 0.0177. The summed E-state index contributed by atoms with van der Waals surface area (Å²) in [7, 11) is 0. The van der Waals surface area contributed by atoms with Gasteiger partial charge >= 0.3 is 0 Å². The van der Waals surface area contributed by atoms with E-state index in [-0.39, 0.29) is 5.54 Å². The third kappa shape index (κ3) is 2.91. The summed E-state index contributed by atoms with van der Waals surface area (Å²) in [5.41, 5.74) is 1.62. The molecule has 1 heterocycles. The first-order chi connectivity index (χ1) is 8.45. The minimum Gasteiger partial charge on any atom is -0.311 e. The third-order valence-electron chi connectivity index (χ3n) is 4.20. The first-order valence-corrected chi connectivity index (χ1v) is 7.08. The lowest BCUT2D eigenvalue weighted by Gasteiger charge is -2.41. The molecule has 4 heteroatoms. The molecule has 0 amide bonds. The Kier molecular flexibility index (Phi) is 3.76. The lowest BCUT2D eigenvalue weighted by molar-refractivity contribution is 0.123. The highest BCUT2D eigenvalue weighted by atomic mass is 15.4. The Bertz CT molecular complexity index is 379. The number of hydrogen-bond acceptors (Lipinski definition) is 3. The van der Waals surface area contributed by atoms with Gasteiger partial charge in [-0.25, -0.2) is 4.68 Å². The molecule has 0 bridgehead atoms. The van der Waals surface area contributed by atoms with Crippen LogP contribution < -0.4 is 5.32 Å². The Balaban J connectivity index is 1.82. The second-order valence-electron chi connectivity index (χ2n) is 6.64. The molecule has 0 spiro atoms. The topological polar surface area (TPSA) is 42.7 Å². The van der Waals surface area contributed by atoms with Gasteiger partial charge in [0.1, 0.15) is 0 Å². The molecule has 102 valence electrons. The Hall–Kier alpha value is -0.900. The van der Waals surface area contributed by atoms with Gasteiger partial charge in [-0.1, -0.05) is 18.6 Å². The average Bonchev–Trinajstić information content (AvgIpc) is 2.70. The van der Waals surface area contributed by atoms with Gasteiger partial charge < -0.3 is 5.32 Å². The second kappa shape index (κ2) is 5.00. The first-order valence-electron chi connectivity index (χ1n) is 7.08. The molecule has 0 aliphatic heterocycles. The summed E-state index contributed by atoms with van der Waals surface area (Å²) in [5.74, 6) is 0. The van der Waals surface area contributed by atoms with Crippen LogP contribution in [0.5, 0.6) is 0 Å². The van der Waals surface area contributed by atoms with Gasteiger partial charge in [0.15, 0.2) is 0 Å². The van der Waals surface area contributed by atoms with Crippen molar-refractivity contribution in [2.75, 3.05) is 6.54 Å². The lowest BCUT2D eigenvalue weighted by Crippen LogP contribution is -2.39. The standard InChI is InChI=1S/C14H26N4/c1-5-14(7-6-8-14)11-15-9-12-10-18(17-16-12)13(2,3)4/h10,15H,5-9,11H2,1-4H3. The zero-order chi connectivity index (χ0) is 13.2. The zero-order valence-electron chi connectivity index (χ0n) is 12.2. The summed E-state index contributed by atoms with van der Waals surface area (Å²) < 4.78 is 1.93. The molecule has 0 radical (unpaired) electrons. The highest BCUT2D eigenvalue weighted by molar-refractivity contribution is 4.95.